The summed E-state index contributed by atoms with van der Waals surface area (Å²) in [5, 5.41) is 1.66. The molecule has 4 nitrogen and oxygen atoms in total. The molecule has 0 spiro atoms. The molecule has 0 radical (unpaired) electrons. The molecule has 5 heteroatoms. The third-order valence-corrected chi connectivity index (χ3v) is 8.63. The maximum Gasteiger partial charge on any atom is 0.236 e. The van der Waals surface area contributed by atoms with Crippen LogP contribution in [-0.4, -0.2) is 17.5 Å². The van der Waals surface area contributed by atoms with Crippen molar-refractivity contribution in [3.8, 4) is 0 Å². The number of rotatable bonds is 6. The molecule has 1 aliphatic rings. The lowest BCUT2D eigenvalue weighted by Gasteiger charge is -2.19. The van der Waals surface area contributed by atoms with E-state index in [0.29, 0.717) is 24.4 Å². The highest BCUT2D eigenvalue weighted by Gasteiger charge is 2.29. The Morgan fingerprint density at radius 1 is 0.750 bits per heavy atom. The fraction of sp³-hybridized carbons (Fsp3) is 0.111. The van der Waals surface area contributed by atoms with Crippen molar-refractivity contribution < 1.29 is 9.30 Å². The minimum absolute atomic E-state index is 0.0311. The van der Waals surface area contributed by atoms with Crippen molar-refractivity contribution in [1.82, 2.24) is 4.98 Å². The number of ether oxygens (including phenoxy) is 1. The van der Waals surface area contributed by atoms with Gasteiger partial charge in [0.05, 0.1) is 6.16 Å². The Balaban J connectivity index is 1.47. The zero-order valence-electron chi connectivity index (χ0n) is 17.5. The van der Waals surface area contributed by atoms with E-state index in [4.69, 9.17) is 14.7 Å². The van der Waals surface area contributed by atoms with Crippen molar-refractivity contribution in [3.63, 3.8) is 0 Å². The molecule has 0 N–H and O–H groups in total. The number of benzene rings is 3. The van der Waals surface area contributed by atoms with E-state index < -0.39 is 7.14 Å². The van der Waals surface area contributed by atoms with E-state index in [2.05, 4.69) is 12.1 Å². The number of hydrogen-bond acceptors (Lipinski definition) is 4. The minimum atomic E-state index is -2.90. The molecule has 4 aromatic rings. The predicted molar refractivity (Wildman–Crippen MR) is 129 cm³/mol. The van der Waals surface area contributed by atoms with Gasteiger partial charge in [-0.15, -0.1) is 0 Å². The highest BCUT2D eigenvalue weighted by atomic mass is 31.2. The summed E-state index contributed by atoms with van der Waals surface area (Å²) in [6, 6.07) is 35.2. The second kappa shape index (κ2) is 8.94. The molecule has 1 atom stereocenters. The van der Waals surface area contributed by atoms with Crippen molar-refractivity contribution >= 4 is 23.6 Å². The first-order chi connectivity index (χ1) is 15.7. The largest absolute Gasteiger partial charge is 0.474 e. The SMILES string of the molecule is O=P(Cc1cccc(C2=N[C@@H](c3ccccc3)CO2)n1)(c1ccccc1)c1ccccc1. The van der Waals surface area contributed by atoms with Gasteiger partial charge in [0.2, 0.25) is 5.90 Å². The Kier molecular flexibility index (Phi) is 5.70. The molecule has 0 saturated carbocycles. The molecule has 0 unspecified atom stereocenters. The summed E-state index contributed by atoms with van der Waals surface area (Å²) in [5.41, 5.74) is 2.55. The molecular formula is C27H23N2O2P. The van der Waals surface area contributed by atoms with Gasteiger partial charge in [0.1, 0.15) is 25.5 Å². The van der Waals surface area contributed by atoms with Crippen LogP contribution in [0.2, 0.25) is 0 Å². The molecule has 2 heterocycles. The molecule has 1 aliphatic heterocycles. The van der Waals surface area contributed by atoms with E-state index in [9.17, 15) is 4.57 Å². The molecule has 1 aromatic heterocycles. The van der Waals surface area contributed by atoms with Crippen LogP contribution in [0.3, 0.4) is 0 Å². The van der Waals surface area contributed by atoms with Gasteiger partial charge >= 0.3 is 0 Å². The van der Waals surface area contributed by atoms with Gasteiger partial charge in [-0.2, -0.15) is 0 Å². The highest BCUT2D eigenvalue weighted by Crippen LogP contribution is 2.46. The standard InChI is InChI=1S/C27H23N2O2P/c30-32(23-14-6-2-7-15-23,24-16-8-3-9-17-24)20-22-13-10-18-25(28-22)27-29-26(19-31-27)21-11-4-1-5-12-21/h1-18,26H,19-20H2/t26-/m1/s1. The van der Waals surface area contributed by atoms with Gasteiger partial charge in [0.25, 0.3) is 0 Å². The molecule has 3 aromatic carbocycles. The number of nitrogens with zero attached hydrogens (tertiary/aromatic N) is 2. The lowest BCUT2D eigenvalue weighted by Crippen LogP contribution is -2.18. The van der Waals surface area contributed by atoms with E-state index >= 15 is 0 Å². The van der Waals surface area contributed by atoms with E-state index in [1.165, 1.54) is 0 Å². The van der Waals surface area contributed by atoms with Gasteiger partial charge in [-0.25, -0.2) is 9.98 Å². The third kappa shape index (κ3) is 4.15. The first-order valence-corrected chi connectivity index (χ1v) is 12.5. The summed E-state index contributed by atoms with van der Waals surface area (Å²) >= 11 is 0. The molecule has 0 bridgehead atoms. The number of hydrogen-bond donors (Lipinski definition) is 0. The molecular weight excluding hydrogens is 415 g/mol. The normalized spacial score (nSPS) is 15.8. The van der Waals surface area contributed by atoms with Crippen LogP contribution < -0.4 is 10.6 Å². The molecule has 5 rings (SSSR count). The maximum atomic E-state index is 14.4. The van der Waals surface area contributed by atoms with Crippen molar-refractivity contribution in [1.29, 1.82) is 0 Å². The molecule has 0 aliphatic carbocycles. The van der Waals surface area contributed by atoms with Crippen LogP contribution in [0.25, 0.3) is 0 Å². The average Bonchev–Trinajstić information content (AvgIpc) is 3.36. The summed E-state index contributed by atoms with van der Waals surface area (Å²) in [6.45, 7) is 0.498. The van der Waals surface area contributed by atoms with Crippen LogP contribution in [0.15, 0.2) is 114 Å². The summed E-state index contributed by atoms with van der Waals surface area (Å²) in [4.78, 5) is 9.54. The van der Waals surface area contributed by atoms with Crippen molar-refractivity contribution in [2.45, 2.75) is 12.2 Å². The summed E-state index contributed by atoms with van der Waals surface area (Å²) in [7, 11) is -2.90. The number of aliphatic imine (C=N–C) groups is 1. The van der Waals surface area contributed by atoms with Crippen molar-refractivity contribution in [2.75, 3.05) is 6.61 Å². The Labute approximate surface area is 188 Å². The van der Waals surface area contributed by atoms with Gasteiger partial charge in [0.15, 0.2) is 0 Å². The van der Waals surface area contributed by atoms with E-state index in [1.54, 1.807) is 0 Å². The van der Waals surface area contributed by atoms with Crippen molar-refractivity contribution in [2.24, 2.45) is 4.99 Å². The lowest BCUT2D eigenvalue weighted by atomic mass is 10.1. The van der Waals surface area contributed by atoms with Gasteiger partial charge < -0.3 is 9.30 Å². The van der Waals surface area contributed by atoms with Crippen LogP contribution in [-0.2, 0) is 15.5 Å². The van der Waals surface area contributed by atoms with Gasteiger partial charge in [-0.3, -0.25) is 0 Å². The van der Waals surface area contributed by atoms with E-state index in [1.807, 2.05) is 97.1 Å². The molecule has 0 amide bonds. The minimum Gasteiger partial charge on any atom is -0.474 e. The average molecular weight is 438 g/mol. The van der Waals surface area contributed by atoms with Crippen LogP contribution in [0.5, 0.6) is 0 Å². The summed E-state index contributed by atoms with van der Waals surface area (Å²) in [6.07, 6.45) is 0.338. The highest BCUT2D eigenvalue weighted by molar-refractivity contribution is 7.78. The fourth-order valence-electron chi connectivity index (χ4n) is 3.94. The van der Waals surface area contributed by atoms with Gasteiger partial charge in [-0.1, -0.05) is 97.1 Å². The van der Waals surface area contributed by atoms with E-state index in [-0.39, 0.29) is 6.04 Å². The zero-order valence-corrected chi connectivity index (χ0v) is 18.4. The summed E-state index contributed by atoms with van der Waals surface area (Å²) < 4.78 is 20.2. The lowest BCUT2D eigenvalue weighted by molar-refractivity contribution is 0.319. The summed E-state index contributed by atoms with van der Waals surface area (Å²) in [5.74, 6) is 0.537. The second-order valence-electron chi connectivity index (χ2n) is 7.75. The molecule has 158 valence electrons. The van der Waals surface area contributed by atoms with Crippen LogP contribution in [0.1, 0.15) is 23.0 Å². The topological polar surface area (TPSA) is 51.5 Å². The van der Waals surface area contributed by atoms with Gasteiger partial charge in [0, 0.05) is 16.3 Å². The van der Waals surface area contributed by atoms with E-state index in [0.717, 1.165) is 21.9 Å². The first-order valence-electron chi connectivity index (χ1n) is 10.6. The first kappa shape index (κ1) is 20.4. The zero-order chi connectivity index (χ0) is 21.8. The fourth-order valence-corrected chi connectivity index (χ4v) is 6.55. The Bertz CT molecular complexity index is 1230. The van der Waals surface area contributed by atoms with Gasteiger partial charge in [-0.05, 0) is 17.7 Å². The smallest absolute Gasteiger partial charge is 0.236 e. The molecule has 0 fully saturated rings. The molecule has 32 heavy (non-hydrogen) atoms. The van der Waals surface area contributed by atoms with Crippen LogP contribution in [0.4, 0.5) is 0 Å². The number of aromatic nitrogens is 1. The van der Waals surface area contributed by atoms with Crippen LogP contribution >= 0.6 is 7.14 Å². The van der Waals surface area contributed by atoms with Crippen molar-refractivity contribution in [3.05, 3.63) is 126 Å². The quantitative estimate of drug-likeness (QED) is 0.393. The maximum absolute atomic E-state index is 14.4. The Morgan fingerprint density at radius 3 is 1.97 bits per heavy atom. The third-order valence-electron chi connectivity index (χ3n) is 5.59. The Hall–Kier alpha value is -3.49. The second-order valence-corrected chi connectivity index (χ2v) is 10.6. The van der Waals surface area contributed by atoms with Crippen LogP contribution in [0, 0.1) is 0 Å². The predicted octanol–water partition coefficient (Wildman–Crippen LogP) is 5.11. The Morgan fingerprint density at radius 2 is 1.34 bits per heavy atom. The molecule has 0 saturated heterocycles. The monoisotopic (exact) mass is 438 g/mol. The number of pyridine rings is 1.